The van der Waals surface area contributed by atoms with E-state index in [1.165, 1.54) is 7.11 Å². The first-order valence-electron chi connectivity index (χ1n) is 6.54. The highest BCUT2D eigenvalue weighted by molar-refractivity contribution is 6.30. The number of alkyl halides is 3. The molecule has 1 aromatic rings. The minimum absolute atomic E-state index is 0.0258. The van der Waals surface area contributed by atoms with Gasteiger partial charge in [0.05, 0.1) is 12.5 Å². The highest BCUT2D eigenvalue weighted by atomic mass is 35.5. The predicted molar refractivity (Wildman–Crippen MR) is 75.0 cm³/mol. The number of hydrogen-bond acceptors (Lipinski definition) is 2. The zero-order valence-electron chi connectivity index (χ0n) is 11.5. The summed E-state index contributed by atoms with van der Waals surface area (Å²) in [5, 5.41) is 0.557. The van der Waals surface area contributed by atoms with Crippen molar-refractivity contribution in [2.75, 3.05) is 20.5 Å². The molecule has 0 fully saturated rings. The van der Waals surface area contributed by atoms with Gasteiger partial charge in [-0.15, -0.1) is 0 Å². The second kappa shape index (κ2) is 6.81. The van der Waals surface area contributed by atoms with Crippen molar-refractivity contribution in [2.45, 2.75) is 19.0 Å². The molecular weight excluding hydrogens is 305 g/mol. The predicted octanol–water partition coefficient (Wildman–Crippen LogP) is 4.69. The smallest absolute Gasteiger partial charge is 0.359 e. The van der Waals surface area contributed by atoms with E-state index in [0.29, 0.717) is 22.6 Å². The number of halogens is 4. The quantitative estimate of drug-likeness (QED) is 0.579. The summed E-state index contributed by atoms with van der Waals surface area (Å²) >= 11 is 5.82. The van der Waals surface area contributed by atoms with E-state index in [0.717, 1.165) is 5.56 Å². The van der Waals surface area contributed by atoms with Crippen molar-refractivity contribution in [3.8, 4) is 0 Å². The van der Waals surface area contributed by atoms with Gasteiger partial charge >= 0.3 is 6.18 Å². The van der Waals surface area contributed by atoms with Gasteiger partial charge in [0.1, 0.15) is 6.79 Å². The molecule has 0 radical (unpaired) electrons. The van der Waals surface area contributed by atoms with Gasteiger partial charge in [-0.3, -0.25) is 0 Å². The third-order valence-electron chi connectivity index (χ3n) is 3.54. The molecule has 2 nitrogen and oxygen atoms in total. The van der Waals surface area contributed by atoms with Crippen LogP contribution in [0.4, 0.5) is 13.2 Å². The van der Waals surface area contributed by atoms with Crippen molar-refractivity contribution >= 4 is 17.2 Å². The number of methoxy groups -OCH3 is 1. The van der Waals surface area contributed by atoms with Crippen LogP contribution >= 0.6 is 11.6 Å². The first-order chi connectivity index (χ1) is 9.93. The molecule has 0 saturated carbocycles. The lowest BCUT2D eigenvalue weighted by Gasteiger charge is -2.19. The van der Waals surface area contributed by atoms with E-state index < -0.39 is 12.1 Å². The average molecular weight is 321 g/mol. The van der Waals surface area contributed by atoms with Gasteiger partial charge in [-0.2, -0.15) is 13.2 Å². The Morgan fingerprint density at radius 1 is 1.24 bits per heavy atom. The molecule has 2 rings (SSSR count). The molecule has 0 heterocycles. The van der Waals surface area contributed by atoms with Crippen molar-refractivity contribution in [3.05, 3.63) is 40.4 Å². The minimum atomic E-state index is -4.25. The van der Waals surface area contributed by atoms with Gasteiger partial charge in [-0.1, -0.05) is 23.7 Å². The summed E-state index contributed by atoms with van der Waals surface area (Å²) < 4.78 is 49.3. The molecule has 0 saturated heterocycles. The highest BCUT2D eigenvalue weighted by Crippen LogP contribution is 2.46. The molecule has 0 spiro atoms. The standard InChI is InChI=1S/C15H16ClF3O2/c1-20-9-21-8-13-12(6-7-14(13)15(17,18)19)10-2-4-11(16)5-3-10/h2-5,14H,6-9H2,1H3. The van der Waals surface area contributed by atoms with Gasteiger partial charge in [0.25, 0.3) is 0 Å². The normalized spacial score (nSPS) is 19.4. The fourth-order valence-electron chi connectivity index (χ4n) is 2.60. The first-order valence-corrected chi connectivity index (χ1v) is 6.92. The van der Waals surface area contributed by atoms with Crippen LogP contribution in [-0.2, 0) is 9.47 Å². The van der Waals surface area contributed by atoms with E-state index in [-0.39, 0.29) is 19.8 Å². The largest absolute Gasteiger partial charge is 0.395 e. The Kier molecular flexibility index (Phi) is 5.30. The molecule has 1 atom stereocenters. The maximum atomic E-state index is 13.1. The van der Waals surface area contributed by atoms with Crippen molar-refractivity contribution in [1.29, 1.82) is 0 Å². The lowest BCUT2D eigenvalue weighted by Crippen LogP contribution is -2.24. The zero-order valence-corrected chi connectivity index (χ0v) is 12.3. The molecule has 21 heavy (non-hydrogen) atoms. The molecule has 1 aromatic carbocycles. The molecule has 1 aliphatic carbocycles. The summed E-state index contributed by atoms with van der Waals surface area (Å²) in [5.41, 5.74) is 1.76. The van der Waals surface area contributed by atoms with E-state index >= 15 is 0 Å². The second-order valence-corrected chi connectivity index (χ2v) is 5.33. The van der Waals surface area contributed by atoms with Crippen LogP contribution in [-0.4, -0.2) is 26.7 Å². The molecule has 0 aromatic heterocycles. The average Bonchev–Trinajstić information content (AvgIpc) is 2.84. The number of allylic oxidation sites excluding steroid dienone is 1. The third-order valence-corrected chi connectivity index (χ3v) is 3.79. The number of ether oxygens (including phenoxy) is 2. The van der Waals surface area contributed by atoms with Crippen LogP contribution in [0.3, 0.4) is 0 Å². The minimum Gasteiger partial charge on any atom is -0.359 e. The number of rotatable bonds is 5. The Balaban J connectivity index is 2.31. The number of benzene rings is 1. The summed E-state index contributed by atoms with van der Waals surface area (Å²) in [6, 6.07) is 6.84. The Bertz CT molecular complexity index is 509. The van der Waals surface area contributed by atoms with E-state index in [1.807, 2.05) is 0 Å². The second-order valence-electron chi connectivity index (χ2n) is 4.90. The van der Waals surface area contributed by atoms with Gasteiger partial charge in [-0.05, 0) is 41.7 Å². The monoisotopic (exact) mass is 320 g/mol. The SMILES string of the molecule is COCOCC1=C(c2ccc(Cl)cc2)CCC1C(F)(F)F. The maximum absolute atomic E-state index is 13.1. The van der Waals surface area contributed by atoms with E-state index in [4.69, 9.17) is 21.1 Å². The van der Waals surface area contributed by atoms with Crippen LogP contribution < -0.4 is 0 Å². The molecule has 0 N–H and O–H groups in total. The summed E-state index contributed by atoms with van der Waals surface area (Å²) in [7, 11) is 1.43. The van der Waals surface area contributed by atoms with Crippen molar-refractivity contribution in [1.82, 2.24) is 0 Å². The third kappa shape index (κ3) is 3.99. The highest BCUT2D eigenvalue weighted by Gasteiger charge is 2.45. The van der Waals surface area contributed by atoms with Crippen molar-refractivity contribution in [2.24, 2.45) is 5.92 Å². The van der Waals surface area contributed by atoms with Gasteiger partial charge in [0, 0.05) is 12.1 Å². The van der Waals surface area contributed by atoms with Gasteiger partial charge in [-0.25, -0.2) is 0 Å². The molecule has 0 amide bonds. The summed E-state index contributed by atoms with van der Waals surface area (Å²) in [6.07, 6.45) is -3.80. The van der Waals surface area contributed by atoms with Crippen LogP contribution in [0.15, 0.2) is 29.8 Å². The van der Waals surface area contributed by atoms with Gasteiger partial charge < -0.3 is 9.47 Å². The number of hydrogen-bond donors (Lipinski definition) is 0. The first kappa shape index (κ1) is 16.3. The summed E-state index contributed by atoms with van der Waals surface area (Å²) in [4.78, 5) is 0. The lowest BCUT2D eigenvalue weighted by molar-refractivity contribution is -0.166. The Morgan fingerprint density at radius 3 is 2.48 bits per heavy atom. The zero-order chi connectivity index (χ0) is 15.5. The molecule has 6 heteroatoms. The summed E-state index contributed by atoms with van der Waals surface area (Å²) in [6.45, 7) is -0.0993. The Labute approximate surface area is 126 Å². The molecule has 1 unspecified atom stereocenters. The fourth-order valence-corrected chi connectivity index (χ4v) is 2.72. The van der Waals surface area contributed by atoms with Crippen LogP contribution in [0.2, 0.25) is 5.02 Å². The Hall–Kier alpha value is -1.04. The van der Waals surface area contributed by atoms with E-state index in [1.54, 1.807) is 24.3 Å². The summed E-state index contributed by atoms with van der Waals surface area (Å²) in [5.74, 6) is -1.44. The molecule has 1 aliphatic rings. The van der Waals surface area contributed by atoms with Gasteiger partial charge in [0.15, 0.2) is 0 Å². The van der Waals surface area contributed by atoms with Crippen LogP contribution in [0.5, 0.6) is 0 Å². The van der Waals surface area contributed by atoms with Crippen LogP contribution in [0.1, 0.15) is 18.4 Å². The molecular formula is C15H16ClF3O2. The molecule has 0 aliphatic heterocycles. The van der Waals surface area contributed by atoms with E-state index in [9.17, 15) is 13.2 Å². The topological polar surface area (TPSA) is 18.5 Å². The van der Waals surface area contributed by atoms with Gasteiger partial charge in [0.2, 0.25) is 0 Å². The molecule has 0 bridgehead atoms. The van der Waals surface area contributed by atoms with E-state index in [2.05, 4.69) is 0 Å². The maximum Gasteiger partial charge on any atom is 0.395 e. The van der Waals surface area contributed by atoms with Crippen LogP contribution in [0.25, 0.3) is 5.57 Å². The van der Waals surface area contributed by atoms with Crippen molar-refractivity contribution < 1.29 is 22.6 Å². The van der Waals surface area contributed by atoms with Crippen molar-refractivity contribution in [3.63, 3.8) is 0 Å². The molecule has 116 valence electrons. The van der Waals surface area contributed by atoms with Crippen LogP contribution in [0, 0.1) is 5.92 Å². The lowest BCUT2D eigenvalue weighted by atomic mass is 9.98. The Morgan fingerprint density at radius 2 is 1.90 bits per heavy atom. The fraction of sp³-hybridized carbons (Fsp3) is 0.467.